The summed E-state index contributed by atoms with van der Waals surface area (Å²) in [5, 5.41) is 10.9. The number of nitrogens with one attached hydrogen (secondary N) is 1. The molecule has 1 aromatic rings. The molecule has 1 aromatic carbocycles. The molecule has 2 N–H and O–H groups in total. The van der Waals surface area contributed by atoms with Crippen LogP contribution in [0.3, 0.4) is 0 Å². The van der Waals surface area contributed by atoms with Gasteiger partial charge in [-0.05, 0) is 29.5 Å². The van der Waals surface area contributed by atoms with Crippen molar-refractivity contribution in [3.05, 3.63) is 29.3 Å². The van der Waals surface area contributed by atoms with E-state index in [-0.39, 0.29) is 10.8 Å². The van der Waals surface area contributed by atoms with Crippen LogP contribution in [0.25, 0.3) is 0 Å². The molecule has 0 saturated carbocycles. The minimum absolute atomic E-state index is 0.00295. The van der Waals surface area contributed by atoms with Gasteiger partial charge in [-0.25, -0.2) is 13.1 Å². The van der Waals surface area contributed by atoms with Crippen LogP contribution in [0.15, 0.2) is 29.2 Å². The summed E-state index contributed by atoms with van der Waals surface area (Å²) >= 11 is 5.87. The van der Waals surface area contributed by atoms with E-state index < -0.39 is 27.6 Å². The number of hydrogen-bond acceptors (Lipinski definition) is 3. The normalized spacial score (nSPS) is 17.0. The number of aliphatic hydroxyl groups excluding tert-OH is 1. The molecular formula is C16H26ClNO3S. The summed E-state index contributed by atoms with van der Waals surface area (Å²) in [5.41, 5.74) is -0.426. The minimum Gasteiger partial charge on any atom is -0.391 e. The van der Waals surface area contributed by atoms with E-state index >= 15 is 0 Å². The van der Waals surface area contributed by atoms with Crippen molar-refractivity contribution in [3.63, 3.8) is 0 Å². The molecule has 0 spiro atoms. The molecule has 0 bridgehead atoms. The highest BCUT2D eigenvalue weighted by Gasteiger charge is 2.36. The summed E-state index contributed by atoms with van der Waals surface area (Å²) in [6.45, 7) is 9.57. The molecule has 0 aliphatic carbocycles. The predicted octanol–water partition coefficient (Wildman–Crippen LogP) is 3.44. The maximum absolute atomic E-state index is 12.6. The lowest BCUT2D eigenvalue weighted by Gasteiger charge is -2.36. The molecule has 0 aliphatic rings. The number of benzene rings is 1. The van der Waals surface area contributed by atoms with Crippen molar-refractivity contribution in [2.24, 2.45) is 11.3 Å². The number of rotatable bonds is 6. The monoisotopic (exact) mass is 347 g/mol. The molecule has 1 unspecified atom stereocenters. The fourth-order valence-corrected chi connectivity index (χ4v) is 3.82. The summed E-state index contributed by atoms with van der Waals surface area (Å²) in [7, 11) is -3.74. The molecule has 0 heterocycles. The van der Waals surface area contributed by atoms with Crippen LogP contribution >= 0.6 is 11.6 Å². The first-order valence-electron chi connectivity index (χ1n) is 7.45. The quantitative estimate of drug-likeness (QED) is 0.828. The van der Waals surface area contributed by atoms with E-state index in [1.54, 1.807) is 12.1 Å². The predicted molar refractivity (Wildman–Crippen MR) is 90.5 cm³/mol. The molecule has 1 rings (SSSR count). The second-order valence-electron chi connectivity index (χ2n) is 6.80. The summed E-state index contributed by atoms with van der Waals surface area (Å²) in [6.07, 6.45) is -0.0352. The van der Waals surface area contributed by atoms with Crippen LogP contribution in [0.5, 0.6) is 0 Å². The number of aliphatic hydroxyl groups is 1. The van der Waals surface area contributed by atoms with Crippen molar-refractivity contribution in [2.45, 2.75) is 58.1 Å². The lowest BCUT2D eigenvalue weighted by Crippen LogP contribution is -2.52. The first-order valence-corrected chi connectivity index (χ1v) is 9.31. The fraction of sp³-hybridized carbons (Fsp3) is 0.625. The molecule has 3 atom stereocenters. The van der Waals surface area contributed by atoms with Gasteiger partial charge in [0, 0.05) is 5.02 Å². The molecule has 22 heavy (non-hydrogen) atoms. The highest BCUT2D eigenvalue weighted by atomic mass is 35.5. The van der Waals surface area contributed by atoms with Crippen molar-refractivity contribution in [1.82, 2.24) is 4.72 Å². The Morgan fingerprint density at radius 1 is 1.32 bits per heavy atom. The molecule has 126 valence electrons. The molecular weight excluding hydrogens is 322 g/mol. The molecule has 0 fully saturated rings. The summed E-state index contributed by atoms with van der Waals surface area (Å²) in [4.78, 5) is 0.106. The number of sulfonamides is 1. The van der Waals surface area contributed by atoms with Crippen LogP contribution in [0, 0.1) is 11.3 Å². The fourth-order valence-electron chi connectivity index (χ4n) is 2.17. The Bertz CT molecular complexity index is 596. The highest BCUT2D eigenvalue weighted by Crippen LogP contribution is 2.27. The van der Waals surface area contributed by atoms with Gasteiger partial charge in [0.05, 0.1) is 17.0 Å². The SMILES string of the molecule is CC[C@H](C)[C@H](NS(=O)(=O)c1cccc(Cl)c1)C(O)C(C)(C)C. The number of halogens is 1. The molecule has 0 saturated heterocycles. The van der Waals surface area contributed by atoms with Crippen molar-refractivity contribution < 1.29 is 13.5 Å². The molecule has 4 nitrogen and oxygen atoms in total. The van der Waals surface area contributed by atoms with Crippen LogP contribution < -0.4 is 4.72 Å². The Morgan fingerprint density at radius 3 is 2.36 bits per heavy atom. The Labute approximate surface area is 138 Å². The van der Waals surface area contributed by atoms with Gasteiger partial charge in [-0.15, -0.1) is 0 Å². The van der Waals surface area contributed by atoms with Crippen LogP contribution in [0.4, 0.5) is 0 Å². The minimum atomic E-state index is -3.74. The maximum atomic E-state index is 12.6. The van der Waals surface area contributed by atoms with Gasteiger partial charge in [0.15, 0.2) is 0 Å². The third-order valence-electron chi connectivity index (χ3n) is 3.88. The van der Waals surface area contributed by atoms with Gasteiger partial charge < -0.3 is 5.11 Å². The average molecular weight is 348 g/mol. The van der Waals surface area contributed by atoms with Crippen LogP contribution in [0.1, 0.15) is 41.0 Å². The van der Waals surface area contributed by atoms with Gasteiger partial charge in [-0.2, -0.15) is 0 Å². The molecule has 0 aromatic heterocycles. The zero-order valence-corrected chi connectivity index (χ0v) is 15.4. The molecule has 0 aliphatic heterocycles. The maximum Gasteiger partial charge on any atom is 0.240 e. The van der Waals surface area contributed by atoms with Crippen molar-refractivity contribution >= 4 is 21.6 Å². The highest BCUT2D eigenvalue weighted by molar-refractivity contribution is 7.89. The van der Waals surface area contributed by atoms with Crippen LogP contribution in [0.2, 0.25) is 5.02 Å². The first kappa shape index (κ1) is 19.4. The van der Waals surface area contributed by atoms with Crippen molar-refractivity contribution in [1.29, 1.82) is 0 Å². The third-order valence-corrected chi connectivity index (χ3v) is 5.57. The van der Waals surface area contributed by atoms with Gasteiger partial charge in [0.1, 0.15) is 0 Å². The van der Waals surface area contributed by atoms with E-state index in [0.29, 0.717) is 5.02 Å². The molecule has 0 radical (unpaired) electrons. The summed E-state index contributed by atoms with van der Waals surface area (Å²) < 4.78 is 27.8. The van der Waals surface area contributed by atoms with Gasteiger partial charge >= 0.3 is 0 Å². The largest absolute Gasteiger partial charge is 0.391 e. The van der Waals surface area contributed by atoms with Gasteiger partial charge in [-0.3, -0.25) is 0 Å². The van der Waals surface area contributed by atoms with E-state index in [1.165, 1.54) is 12.1 Å². The van der Waals surface area contributed by atoms with E-state index in [4.69, 9.17) is 11.6 Å². The number of hydrogen-bond donors (Lipinski definition) is 2. The van der Waals surface area contributed by atoms with E-state index in [2.05, 4.69) is 4.72 Å². The van der Waals surface area contributed by atoms with Gasteiger partial charge in [0.2, 0.25) is 10.0 Å². The van der Waals surface area contributed by atoms with E-state index in [1.807, 2.05) is 34.6 Å². The Morgan fingerprint density at radius 2 is 1.91 bits per heavy atom. The Kier molecular flexibility index (Phi) is 6.45. The lowest BCUT2D eigenvalue weighted by molar-refractivity contribution is 0.0191. The van der Waals surface area contributed by atoms with Gasteiger partial charge in [0.25, 0.3) is 0 Å². The van der Waals surface area contributed by atoms with Crippen molar-refractivity contribution in [2.75, 3.05) is 0 Å². The van der Waals surface area contributed by atoms with E-state index in [9.17, 15) is 13.5 Å². The smallest absolute Gasteiger partial charge is 0.240 e. The molecule has 6 heteroatoms. The zero-order valence-electron chi connectivity index (χ0n) is 13.8. The standard InChI is InChI=1S/C16H26ClNO3S/c1-6-11(2)14(15(19)16(3,4)5)18-22(20,21)13-9-7-8-12(17)10-13/h7-11,14-15,18-19H,6H2,1-5H3/t11-,14-,15?/m0/s1. The second-order valence-corrected chi connectivity index (χ2v) is 8.95. The lowest BCUT2D eigenvalue weighted by atomic mass is 9.80. The third kappa shape index (κ3) is 4.95. The van der Waals surface area contributed by atoms with Gasteiger partial charge in [-0.1, -0.05) is 58.7 Å². The van der Waals surface area contributed by atoms with E-state index in [0.717, 1.165) is 6.42 Å². The summed E-state index contributed by atoms with van der Waals surface area (Å²) in [5.74, 6) is 0.00295. The second kappa shape index (κ2) is 7.30. The first-order chi connectivity index (χ1) is 9.99. The molecule has 0 amide bonds. The Balaban J connectivity index is 3.13. The summed E-state index contributed by atoms with van der Waals surface area (Å²) in [6, 6.07) is 5.55. The zero-order chi connectivity index (χ0) is 17.1. The average Bonchev–Trinajstić information content (AvgIpc) is 2.42. The topological polar surface area (TPSA) is 66.4 Å². The van der Waals surface area contributed by atoms with Crippen LogP contribution in [-0.2, 0) is 10.0 Å². The Hall–Kier alpha value is -0.620. The van der Waals surface area contributed by atoms with Crippen molar-refractivity contribution in [3.8, 4) is 0 Å². The van der Waals surface area contributed by atoms with Crippen LogP contribution in [-0.4, -0.2) is 25.7 Å².